The lowest BCUT2D eigenvalue weighted by molar-refractivity contribution is 0.0954. The molecule has 0 fully saturated rings. The highest BCUT2D eigenvalue weighted by molar-refractivity contribution is 9.10. The van der Waals surface area contributed by atoms with E-state index in [1.807, 2.05) is 24.3 Å². The maximum atomic E-state index is 11.9. The second kappa shape index (κ2) is 6.38. The first-order valence-corrected chi connectivity index (χ1v) is 6.83. The molecule has 3 N–H and O–H groups in total. The number of halogens is 1. The van der Waals surface area contributed by atoms with Crippen molar-refractivity contribution in [3.63, 3.8) is 0 Å². The fourth-order valence-corrected chi connectivity index (χ4v) is 2.28. The predicted molar refractivity (Wildman–Crippen MR) is 81.0 cm³/mol. The molecule has 0 saturated carbocycles. The van der Waals surface area contributed by atoms with Crippen LogP contribution in [0.15, 0.2) is 53.0 Å². The largest absolute Gasteiger partial charge is 0.399 e. The van der Waals surface area contributed by atoms with Crippen molar-refractivity contribution >= 4 is 27.5 Å². The van der Waals surface area contributed by atoms with Crippen LogP contribution in [0.1, 0.15) is 15.9 Å². The van der Waals surface area contributed by atoms with Gasteiger partial charge < -0.3 is 11.1 Å². The van der Waals surface area contributed by atoms with E-state index in [1.54, 1.807) is 24.3 Å². The van der Waals surface area contributed by atoms with E-state index in [9.17, 15) is 4.79 Å². The number of carbonyl (C=O) groups is 1. The number of nitrogen functional groups attached to an aromatic ring is 1. The molecule has 3 nitrogen and oxygen atoms in total. The van der Waals surface area contributed by atoms with Crippen molar-refractivity contribution in [3.8, 4) is 0 Å². The quantitative estimate of drug-likeness (QED) is 0.851. The van der Waals surface area contributed by atoms with Crippen molar-refractivity contribution in [2.75, 3.05) is 12.3 Å². The van der Waals surface area contributed by atoms with E-state index in [4.69, 9.17) is 5.73 Å². The van der Waals surface area contributed by atoms with Gasteiger partial charge in [0.1, 0.15) is 0 Å². The molecule has 4 heteroatoms. The van der Waals surface area contributed by atoms with Crippen LogP contribution in [0.2, 0.25) is 0 Å². The number of benzene rings is 2. The molecular weight excluding hydrogens is 304 g/mol. The van der Waals surface area contributed by atoms with E-state index < -0.39 is 0 Å². The van der Waals surface area contributed by atoms with Crippen molar-refractivity contribution in [2.45, 2.75) is 6.42 Å². The average Bonchev–Trinajstić information content (AvgIpc) is 2.41. The third kappa shape index (κ3) is 3.83. The van der Waals surface area contributed by atoms with Crippen LogP contribution >= 0.6 is 15.9 Å². The summed E-state index contributed by atoms with van der Waals surface area (Å²) in [7, 11) is 0. The fourth-order valence-electron chi connectivity index (χ4n) is 1.79. The van der Waals surface area contributed by atoms with Crippen molar-refractivity contribution in [3.05, 3.63) is 64.1 Å². The summed E-state index contributed by atoms with van der Waals surface area (Å²) in [5, 5.41) is 2.89. The number of nitrogens with two attached hydrogens (primary N) is 1. The molecule has 0 atom stereocenters. The molecule has 98 valence electrons. The maximum absolute atomic E-state index is 11.9. The lowest BCUT2D eigenvalue weighted by atomic mass is 10.1. The molecule has 0 unspecified atom stereocenters. The molecule has 0 aliphatic heterocycles. The molecule has 19 heavy (non-hydrogen) atoms. The molecule has 0 heterocycles. The van der Waals surface area contributed by atoms with Gasteiger partial charge in [-0.05, 0) is 36.2 Å². The highest BCUT2D eigenvalue weighted by Gasteiger charge is 2.05. The average molecular weight is 319 g/mol. The minimum absolute atomic E-state index is 0.0978. The first kappa shape index (κ1) is 13.6. The number of rotatable bonds is 4. The topological polar surface area (TPSA) is 55.1 Å². The summed E-state index contributed by atoms with van der Waals surface area (Å²) >= 11 is 3.49. The first-order valence-electron chi connectivity index (χ1n) is 6.04. The number of hydrogen-bond donors (Lipinski definition) is 2. The van der Waals surface area contributed by atoms with E-state index >= 15 is 0 Å². The van der Waals surface area contributed by atoms with Gasteiger partial charge in [0.2, 0.25) is 0 Å². The second-order valence-electron chi connectivity index (χ2n) is 4.22. The normalized spacial score (nSPS) is 10.2. The highest BCUT2D eigenvalue weighted by atomic mass is 79.9. The van der Waals surface area contributed by atoms with E-state index in [2.05, 4.69) is 21.2 Å². The third-order valence-corrected chi connectivity index (χ3v) is 3.56. The molecule has 2 aromatic carbocycles. The molecule has 2 rings (SSSR count). The van der Waals surface area contributed by atoms with Gasteiger partial charge in [-0.25, -0.2) is 0 Å². The Bertz CT molecular complexity index is 584. The monoisotopic (exact) mass is 318 g/mol. The Balaban J connectivity index is 1.90. The molecule has 0 bridgehead atoms. The van der Waals surface area contributed by atoms with Gasteiger partial charge in [0.15, 0.2) is 0 Å². The molecule has 0 spiro atoms. The molecule has 2 aromatic rings. The van der Waals surface area contributed by atoms with E-state index in [1.165, 1.54) is 5.56 Å². The van der Waals surface area contributed by atoms with Crippen molar-refractivity contribution < 1.29 is 4.79 Å². The SMILES string of the molecule is Nc1cccc(C(=O)NCCc2ccccc2Br)c1. The van der Waals surface area contributed by atoms with Gasteiger partial charge in [0.25, 0.3) is 5.91 Å². The van der Waals surface area contributed by atoms with E-state index in [-0.39, 0.29) is 5.91 Å². The molecule has 0 saturated heterocycles. The highest BCUT2D eigenvalue weighted by Crippen LogP contribution is 2.15. The standard InChI is InChI=1S/C15H15BrN2O/c16-14-7-2-1-4-11(14)8-9-18-15(19)12-5-3-6-13(17)10-12/h1-7,10H,8-9,17H2,(H,18,19). The Morgan fingerprint density at radius 3 is 2.68 bits per heavy atom. The number of hydrogen-bond acceptors (Lipinski definition) is 2. The summed E-state index contributed by atoms with van der Waals surface area (Å²) < 4.78 is 1.06. The summed E-state index contributed by atoms with van der Waals surface area (Å²) in [5.41, 5.74) is 8.01. The van der Waals surface area contributed by atoms with Crippen molar-refractivity contribution in [2.24, 2.45) is 0 Å². The second-order valence-corrected chi connectivity index (χ2v) is 5.08. The molecule has 0 aliphatic rings. The summed E-state index contributed by atoms with van der Waals surface area (Å²) in [4.78, 5) is 11.9. The zero-order valence-corrected chi connectivity index (χ0v) is 12.0. The van der Waals surface area contributed by atoms with Crippen LogP contribution in [0.5, 0.6) is 0 Å². The smallest absolute Gasteiger partial charge is 0.251 e. The minimum atomic E-state index is -0.0978. The lowest BCUT2D eigenvalue weighted by Gasteiger charge is -2.07. The lowest BCUT2D eigenvalue weighted by Crippen LogP contribution is -2.25. The van der Waals surface area contributed by atoms with Crippen molar-refractivity contribution in [1.82, 2.24) is 5.32 Å². The van der Waals surface area contributed by atoms with Crippen LogP contribution in [0.4, 0.5) is 5.69 Å². The Labute approximate surface area is 121 Å². The van der Waals surface area contributed by atoms with Crippen LogP contribution in [0.25, 0.3) is 0 Å². The van der Waals surface area contributed by atoms with Crippen LogP contribution in [0.3, 0.4) is 0 Å². The van der Waals surface area contributed by atoms with Crippen LogP contribution in [0, 0.1) is 0 Å². The van der Waals surface area contributed by atoms with Gasteiger partial charge in [-0.1, -0.05) is 40.2 Å². The Kier molecular flexibility index (Phi) is 4.58. The van der Waals surface area contributed by atoms with Gasteiger partial charge in [-0.3, -0.25) is 4.79 Å². The number of nitrogens with one attached hydrogen (secondary N) is 1. The number of amides is 1. The molecule has 0 aromatic heterocycles. The fraction of sp³-hybridized carbons (Fsp3) is 0.133. The predicted octanol–water partition coefficient (Wildman–Crippen LogP) is 3.00. The van der Waals surface area contributed by atoms with Crippen LogP contribution < -0.4 is 11.1 Å². The Morgan fingerprint density at radius 1 is 1.16 bits per heavy atom. The van der Waals surface area contributed by atoms with Gasteiger partial charge in [0.05, 0.1) is 0 Å². The summed E-state index contributed by atoms with van der Waals surface area (Å²) in [6, 6.07) is 15.0. The molecule has 0 radical (unpaired) electrons. The van der Waals surface area contributed by atoms with E-state index in [0.29, 0.717) is 17.8 Å². The zero-order chi connectivity index (χ0) is 13.7. The molecular formula is C15H15BrN2O. The van der Waals surface area contributed by atoms with E-state index in [0.717, 1.165) is 10.9 Å². The molecule has 0 aliphatic carbocycles. The zero-order valence-electron chi connectivity index (χ0n) is 10.4. The summed E-state index contributed by atoms with van der Waals surface area (Å²) in [6.45, 7) is 0.593. The van der Waals surface area contributed by atoms with Crippen molar-refractivity contribution in [1.29, 1.82) is 0 Å². The first-order chi connectivity index (χ1) is 9.16. The maximum Gasteiger partial charge on any atom is 0.251 e. The van der Waals surface area contributed by atoms with Gasteiger partial charge >= 0.3 is 0 Å². The van der Waals surface area contributed by atoms with Gasteiger partial charge in [0, 0.05) is 22.3 Å². The Morgan fingerprint density at radius 2 is 1.95 bits per heavy atom. The summed E-state index contributed by atoms with van der Waals surface area (Å²) in [6.07, 6.45) is 0.787. The number of carbonyl (C=O) groups excluding carboxylic acids is 1. The van der Waals surface area contributed by atoms with Crippen LogP contribution in [-0.2, 0) is 6.42 Å². The Hall–Kier alpha value is -1.81. The van der Waals surface area contributed by atoms with Gasteiger partial charge in [-0.2, -0.15) is 0 Å². The minimum Gasteiger partial charge on any atom is -0.399 e. The van der Waals surface area contributed by atoms with Gasteiger partial charge in [-0.15, -0.1) is 0 Å². The summed E-state index contributed by atoms with van der Waals surface area (Å²) in [5.74, 6) is -0.0978. The number of anilines is 1. The van der Waals surface area contributed by atoms with Crippen LogP contribution in [-0.4, -0.2) is 12.5 Å². The molecule has 1 amide bonds. The third-order valence-electron chi connectivity index (χ3n) is 2.79.